The maximum Gasteiger partial charge on any atom is 0.511 e. The minimum Gasteiger partial charge on any atom is -0.449 e. The molecule has 1 N–H and O–H groups in total. The minimum absolute atomic E-state index is 0.409. The molecule has 1 rings (SSSR count). The molecule has 0 bridgehead atoms. The molecule has 1 aromatic carbocycles. The predicted octanol–water partition coefficient (Wildman–Crippen LogP) is 3.58. The molecule has 0 aromatic heterocycles. The van der Waals surface area contributed by atoms with Crippen molar-refractivity contribution in [2.45, 2.75) is 20.3 Å². The van der Waals surface area contributed by atoms with Crippen molar-refractivity contribution >= 4 is 12.2 Å². The van der Waals surface area contributed by atoms with Gasteiger partial charge in [-0.1, -0.05) is 32.6 Å². The van der Waals surface area contributed by atoms with E-state index in [0.717, 1.165) is 17.5 Å². The summed E-state index contributed by atoms with van der Waals surface area (Å²) in [5.41, 5.74) is 1.86. The van der Waals surface area contributed by atoms with Gasteiger partial charge in [0.05, 0.1) is 0 Å². The Bertz CT molecular complexity index is 394. The number of rotatable bonds is 4. The van der Waals surface area contributed by atoms with Crippen molar-refractivity contribution in [3.05, 3.63) is 35.9 Å². The zero-order chi connectivity index (χ0) is 12.1. The van der Waals surface area contributed by atoms with E-state index in [4.69, 9.17) is 9.84 Å². The van der Waals surface area contributed by atoms with Crippen LogP contribution in [0.3, 0.4) is 0 Å². The molecular formula is C13H16O3. The van der Waals surface area contributed by atoms with E-state index in [1.807, 2.05) is 6.07 Å². The van der Waals surface area contributed by atoms with Crippen LogP contribution in [-0.2, 0) is 6.42 Å². The van der Waals surface area contributed by atoms with Crippen LogP contribution in [0.2, 0.25) is 0 Å². The lowest BCUT2D eigenvalue weighted by molar-refractivity contribution is 0.144. The number of ether oxygens (including phenoxy) is 1. The van der Waals surface area contributed by atoms with E-state index >= 15 is 0 Å². The molecule has 0 aliphatic rings. The van der Waals surface area contributed by atoms with Crippen molar-refractivity contribution in [3.8, 4) is 5.75 Å². The molecule has 3 nitrogen and oxygen atoms in total. The number of carboxylic acid groups (broad SMARTS) is 1. The molecule has 0 saturated carbocycles. The van der Waals surface area contributed by atoms with Gasteiger partial charge < -0.3 is 9.84 Å². The van der Waals surface area contributed by atoms with Crippen molar-refractivity contribution in [1.82, 2.24) is 0 Å². The number of carbonyl (C=O) groups is 1. The van der Waals surface area contributed by atoms with Crippen molar-refractivity contribution in [2.75, 3.05) is 0 Å². The molecule has 0 spiro atoms. The second-order valence-corrected chi connectivity index (χ2v) is 4.04. The fraction of sp³-hybridized carbons (Fsp3) is 0.308. The fourth-order valence-electron chi connectivity index (χ4n) is 1.52. The zero-order valence-electron chi connectivity index (χ0n) is 9.56. The first-order chi connectivity index (χ1) is 7.52. The van der Waals surface area contributed by atoms with Crippen LogP contribution in [0.15, 0.2) is 24.8 Å². The molecule has 0 aliphatic carbocycles. The first-order valence-electron chi connectivity index (χ1n) is 5.19. The van der Waals surface area contributed by atoms with Gasteiger partial charge in [-0.05, 0) is 35.6 Å². The normalized spacial score (nSPS) is 10.2. The van der Waals surface area contributed by atoms with Gasteiger partial charge in [0.1, 0.15) is 5.75 Å². The van der Waals surface area contributed by atoms with E-state index in [9.17, 15) is 4.79 Å². The lowest BCUT2D eigenvalue weighted by Gasteiger charge is -2.11. The summed E-state index contributed by atoms with van der Waals surface area (Å²) in [6.45, 7) is 7.83. The highest BCUT2D eigenvalue weighted by molar-refractivity contribution is 5.63. The summed E-state index contributed by atoms with van der Waals surface area (Å²) >= 11 is 0. The highest BCUT2D eigenvalue weighted by Gasteiger charge is 2.09. The van der Waals surface area contributed by atoms with Crippen LogP contribution in [0.25, 0.3) is 6.08 Å². The highest BCUT2D eigenvalue weighted by Crippen LogP contribution is 2.23. The van der Waals surface area contributed by atoms with E-state index in [-0.39, 0.29) is 0 Å². The lowest BCUT2D eigenvalue weighted by Crippen LogP contribution is -2.06. The molecule has 0 amide bonds. The lowest BCUT2D eigenvalue weighted by atomic mass is 10.00. The molecule has 0 saturated heterocycles. The van der Waals surface area contributed by atoms with Crippen LogP contribution in [0.5, 0.6) is 5.75 Å². The van der Waals surface area contributed by atoms with Crippen molar-refractivity contribution in [1.29, 1.82) is 0 Å². The maximum atomic E-state index is 10.5. The monoisotopic (exact) mass is 220 g/mol. The van der Waals surface area contributed by atoms with E-state index in [2.05, 4.69) is 20.4 Å². The smallest absolute Gasteiger partial charge is 0.449 e. The molecule has 16 heavy (non-hydrogen) atoms. The summed E-state index contributed by atoms with van der Waals surface area (Å²) in [6.07, 6.45) is 1.23. The van der Waals surface area contributed by atoms with Crippen molar-refractivity contribution < 1.29 is 14.6 Å². The van der Waals surface area contributed by atoms with Gasteiger partial charge in [0.2, 0.25) is 0 Å². The number of hydrogen-bond acceptors (Lipinski definition) is 2. The first kappa shape index (κ1) is 12.3. The molecular weight excluding hydrogens is 204 g/mol. The Balaban J connectivity index is 3.05. The van der Waals surface area contributed by atoms with Crippen LogP contribution in [-0.4, -0.2) is 11.3 Å². The SMILES string of the molecule is C=Cc1ccc(OC(=O)O)c(CC(C)C)c1. The molecule has 1 aromatic rings. The third-order valence-electron chi connectivity index (χ3n) is 2.15. The van der Waals surface area contributed by atoms with Gasteiger partial charge in [-0.2, -0.15) is 0 Å². The standard InChI is InChI=1S/C13H16O3/c1-4-10-5-6-12(16-13(14)15)11(8-10)7-9(2)3/h4-6,8-9H,1,7H2,2-3H3,(H,14,15). The third-order valence-corrected chi connectivity index (χ3v) is 2.15. The summed E-state index contributed by atoms with van der Waals surface area (Å²) in [5, 5.41) is 8.61. The second-order valence-electron chi connectivity index (χ2n) is 4.04. The number of benzene rings is 1. The van der Waals surface area contributed by atoms with Crippen LogP contribution < -0.4 is 4.74 Å². The Kier molecular flexibility index (Phi) is 4.11. The largest absolute Gasteiger partial charge is 0.511 e. The van der Waals surface area contributed by atoms with Crippen molar-refractivity contribution in [3.63, 3.8) is 0 Å². The van der Waals surface area contributed by atoms with Crippen LogP contribution >= 0.6 is 0 Å². The van der Waals surface area contributed by atoms with Gasteiger partial charge in [-0.15, -0.1) is 0 Å². The predicted molar refractivity (Wildman–Crippen MR) is 63.7 cm³/mol. The minimum atomic E-state index is -1.28. The molecule has 0 aliphatic heterocycles. The highest BCUT2D eigenvalue weighted by atomic mass is 16.7. The average molecular weight is 220 g/mol. The number of hydrogen-bond donors (Lipinski definition) is 1. The van der Waals surface area contributed by atoms with Gasteiger partial charge in [-0.25, -0.2) is 4.79 Å². The molecule has 0 fully saturated rings. The molecule has 86 valence electrons. The summed E-state index contributed by atoms with van der Waals surface area (Å²) in [7, 11) is 0. The Labute approximate surface area is 95.4 Å². The zero-order valence-corrected chi connectivity index (χ0v) is 9.56. The van der Waals surface area contributed by atoms with Crippen LogP contribution in [0.4, 0.5) is 4.79 Å². The van der Waals surface area contributed by atoms with Crippen LogP contribution in [0.1, 0.15) is 25.0 Å². The Hall–Kier alpha value is -1.77. The van der Waals surface area contributed by atoms with Crippen molar-refractivity contribution in [2.24, 2.45) is 5.92 Å². The van der Waals surface area contributed by atoms with Gasteiger partial charge >= 0.3 is 6.16 Å². The van der Waals surface area contributed by atoms with E-state index in [0.29, 0.717) is 11.7 Å². The topological polar surface area (TPSA) is 46.5 Å². The summed E-state index contributed by atoms with van der Waals surface area (Å²) in [4.78, 5) is 10.5. The summed E-state index contributed by atoms with van der Waals surface area (Å²) in [6, 6.07) is 5.36. The first-order valence-corrected chi connectivity index (χ1v) is 5.19. The Morgan fingerprint density at radius 1 is 1.56 bits per heavy atom. The fourth-order valence-corrected chi connectivity index (χ4v) is 1.52. The Morgan fingerprint density at radius 3 is 2.75 bits per heavy atom. The molecule has 0 atom stereocenters. The van der Waals surface area contributed by atoms with E-state index < -0.39 is 6.16 Å². The summed E-state index contributed by atoms with van der Waals surface area (Å²) < 4.78 is 4.73. The Morgan fingerprint density at radius 2 is 2.25 bits per heavy atom. The second kappa shape index (κ2) is 5.35. The molecule has 0 unspecified atom stereocenters. The van der Waals surface area contributed by atoms with Gasteiger partial charge in [0.25, 0.3) is 0 Å². The average Bonchev–Trinajstić information content (AvgIpc) is 2.19. The quantitative estimate of drug-likeness (QED) is 0.623. The van der Waals surface area contributed by atoms with Crippen LogP contribution in [0, 0.1) is 5.92 Å². The molecule has 3 heteroatoms. The molecule has 0 heterocycles. The van der Waals surface area contributed by atoms with Gasteiger partial charge in [0, 0.05) is 0 Å². The van der Waals surface area contributed by atoms with E-state index in [1.165, 1.54) is 0 Å². The summed E-state index contributed by atoms with van der Waals surface area (Å²) in [5.74, 6) is 0.850. The van der Waals surface area contributed by atoms with Gasteiger partial charge in [0.15, 0.2) is 0 Å². The van der Waals surface area contributed by atoms with Gasteiger partial charge in [-0.3, -0.25) is 0 Å². The third kappa shape index (κ3) is 3.42. The maximum absolute atomic E-state index is 10.5. The molecule has 0 radical (unpaired) electrons. The van der Waals surface area contributed by atoms with E-state index in [1.54, 1.807) is 18.2 Å².